The maximum Gasteiger partial charge on any atom is 0.377 e. The standard InChI is InChI=1S/C16H14N2O5/c1-9-5-14(23-17-9)16(21)22-8-13(19)10-3-4-12-11(6-10)7-15(20)18(12)2/h3-6H,7-8H2,1-2H3. The molecule has 7 heteroatoms. The number of hydrogen-bond donors (Lipinski definition) is 0. The lowest BCUT2D eigenvalue weighted by atomic mass is 10.1. The second-order valence-corrected chi connectivity index (χ2v) is 5.30. The van der Waals surface area contributed by atoms with Crippen LogP contribution < -0.4 is 4.90 Å². The molecule has 1 amide bonds. The summed E-state index contributed by atoms with van der Waals surface area (Å²) in [6, 6.07) is 6.42. The number of aromatic nitrogens is 1. The van der Waals surface area contributed by atoms with E-state index in [2.05, 4.69) is 5.16 Å². The Morgan fingerprint density at radius 1 is 1.35 bits per heavy atom. The molecule has 0 unspecified atom stereocenters. The molecule has 0 spiro atoms. The molecule has 0 atom stereocenters. The second-order valence-electron chi connectivity index (χ2n) is 5.30. The van der Waals surface area contributed by atoms with E-state index in [-0.39, 0.29) is 23.9 Å². The van der Waals surface area contributed by atoms with Gasteiger partial charge < -0.3 is 14.2 Å². The van der Waals surface area contributed by atoms with Crippen LogP contribution in [0.3, 0.4) is 0 Å². The van der Waals surface area contributed by atoms with Gasteiger partial charge in [-0.25, -0.2) is 4.79 Å². The van der Waals surface area contributed by atoms with Crippen LogP contribution in [0.15, 0.2) is 28.8 Å². The van der Waals surface area contributed by atoms with Crippen LogP contribution in [0.4, 0.5) is 5.69 Å². The molecular formula is C16H14N2O5. The van der Waals surface area contributed by atoms with Gasteiger partial charge in [-0.2, -0.15) is 0 Å². The molecule has 7 nitrogen and oxygen atoms in total. The topological polar surface area (TPSA) is 89.7 Å². The molecule has 0 saturated heterocycles. The summed E-state index contributed by atoms with van der Waals surface area (Å²) < 4.78 is 9.69. The summed E-state index contributed by atoms with van der Waals surface area (Å²) in [5.41, 5.74) is 2.53. The molecule has 2 aromatic rings. The monoisotopic (exact) mass is 314 g/mol. The molecule has 0 bridgehead atoms. The van der Waals surface area contributed by atoms with E-state index >= 15 is 0 Å². The number of anilines is 1. The molecule has 0 radical (unpaired) electrons. The fraction of sp³-hybridized carbons (Fsp3) is 0.250. The van der Waals surface area contributed by atoms with E-state index in [1.807, 2.05) is 0 Å². The van der Waals surface area contributed by atoms with Crippen molar-refractivity contribution in [2.45, 2.75) is 13.3 Å². The quantitative estimate of drug-likeness (QED) is 0.628. The summed E-state index contributed by atoms with van der Waals surface area (Å²) in [7, 11) is 1.69. The highest BCUT2D eigenvalue weighted by molar-refractivity contribution is 6.04. The Hall–Kier alpha value is -2.96. The van der Waals surface area contributed by atoms with Gasteiger partial charge in [-0.15, -0.1) is 0 Å². The smallest absolute Gasteiger partial charge is 0.377 e. The lowest BCUT2D eigenvalue weighted by Crippen LogP contribution is -2.20. The number of carbonyl (C=O) groups excluding carboxylic acids is 3. The number of aryl methyl sites for hydroxylation is 1. The van der Waals surface area contributed by atoms with Crippen LogP contribution in [-0.2, 0) is 16.0 Å². The van der Waals surface area contributed by atoms with Crippen LogP contribution in [0.5, 0.6) is 0 Å². The largest absolute Gasteiger partial charge is 0.451 e. The highest BCUT2D eigenvalue weighted by atomic mass is 16.6. The summed E-state index contributed by atoms with van der Waals surface area (Å²) in [4.78, 5) is 37.0. The molecule has 0 saturated carbocycles. The van der Waals surface area contributed by atoms with E-state index < -0.39 is 12.6 Å². The maximum absolute atomic E-state index is 12.1. The molecule has 1 aliphatic rings. The number of Topliss-reactive ketones (excluding diaryl/α,β-unsaturated/α-hetero) is 1. The van der Waals surface area contributed by atoms with Gasteiger partial charge in [0.25, 0.3) is 0 Å². The first-order valence-electron chi connectivity index (χ1n) is 6.99. The van der Waals surface area contributed by atoms with Crippen molar-refractivity contribution in [3.05, 3.63) is 46.8 Å². The number of nitrogens with zero attached hydrogens (tertiary/aromatic N) is 2. The zero-order chi connectivity index (χ0) is 16.6. The maximum atomic E-state index is 12.1. The lowest BCUT2D eigenvalue weighted by Gasteiger charge is -2.10. The number of fused-ring (bicyclic) bond motifs is 1. The van der Waals surface area contributed by atoms with Crippen LogP contribution in [0, 0.1) is 6.92 Å². The van der Waals surface area contributed by atoms with Gasteiger partial charge in [0.1, 0.15) is 0 Å². The fourth-order valence-electron chi connectivity index (χ4n) is 2.39. The zero-order valence-corrected chi connectivity index (χ0v) is 12.7. The summed E-state index contributed by atoms with van der Waals surface area (Å²) in [5, 5.41) is 3.58. The van der Waals surface area contributed by atoms with Crippen molar-refractivity contribution < 1.29 is 23.6 Å². The van der Waals surface area contributed by atoms with Gasteiger partial charge in [-0.1, -0.05) is 5.16 Å². The average molecular weight is 314 g/mol. The molecular weight excluding hydrogens is 300 g/mol. The van der Waals surface area contributed by atoms with Crippen LogP contribution in [0.2, 0.25) is 0 Å². The summed E-state index contributed by atoms with van der Waals surface area (Å²) in [5.74, 6) is -1.15. The Bertz CT molecular complexity index is 809. The van der Waals surface area contributed by atoms with Crippen molar-refractivity contribution >= 4 is 23.3 Å². The minimum absolute atomic E-state index is 0.0169. The van der Waals surface area contributed by atoms with E-state index in [0.717, 1.165) is 11.3 Å². The van der Waals surface area contributed by atoms with Gasteiger partial charge in [-0.3, -0.25) is 9.59 Å². The number of likely N-dealkylation sites (N-methyl/N-ethyl adjacent to an activating group) is 1. The first-order chi connectivity index (χ1) is 11.0. The van der Waals surface area contributed by atoms with Gasteiger partial charge in [0.2, 0.25) is 11.7 Å². The Labute approximate surface area is 131 Å². The normalized spacial score (nSPS) is 13.1. The SMILES string of the molecule is Cc1cc(C(=O)OCC(=O)c2ccc3c(c2)CC(=O)N3C)on1. The number of hydrogen-bond acceptors (Lipinski definition) is 6. The van der Waals surface area contributed by atoms with Gasteiger partial charge in [0, 0.05) is 24.4 Å². The molecule has 1 aliphatic heterocycles. The Balaban J connectivity index is 1.66. The van der Waals surface area contributed by atoms with Gasteiger partial charge >= 0.3 is 5.97 Å². The van der Waals surface area contributed by atoms with Crippen molar-refractivity contribution in [1.82, 2.24) is 5.16 Å². The summed E-state index contributed by atoms with van der Waals surface area (Å²) >= 11 is 0. The zero-order valence-electron chi connectivity index (χ0n) is 12.7. The highest BCUT2D eigenvalue weighted by Gasteiger charge is 2.25. The molecule has 1 aromatic heterocycles. The Kier molecular flexibility index (Phi) is 3.69. The van der Waals surface area contributed by atoms with Gasteiger partial charge in [0.05, 0.1) is 12.1 Å². The Morgan fingerprint density at radius 2 is 2.13 bits per heavy atom. The number of ether oxygens (including phenoxy) is 1. The minimum Gasteiger partial charge on any atom is -0.451 e. The van der Waals surface area contributed by atoms with Crippen LogP contribution >= 0.6 is 0 Å². The molecule has 2 heterocycles. The van der Waals surface area contributed by atoms with Crippen LogP contribution in [0.25, 0.3) is 0 Å². The van der Waals surface area contributed by atoms with Crippen molar-refractivity contribution in [2.24, 2.45) is 0 Å². The molecule has 0 aliphatic carbocycles. The first-order valence-corrected chi connectivity index (χ1v) is 6.99. The van der Waals surface area contributed by atoms with Crippen LogP contribution in [0.1, 0.15) is 32.2 Å². The van der Waals surface area contributed by atoms with Crippen molar-refractivity contribution in [3.63, 3.8) is 0 Å². The third-order valence-corrected chi connectivity index (χ3v) is 3.64. The van der Waals surface area contributed by atoms with Crippen molar-refractivity contribution in [1.29, 1.82) is 0 Å². The third-order valence-electron chi connectivity index (χ3n) is 3.64. The third kappa shape index (κ3) is 2.85. The van der Waals surface area contributed by atoms with Gasteiger partial charge in [-0.05, 0) is 30.7 Å². The molecule has 118 valence electrons. The predicted molar refractivity (Wildman–Crippen MR) is 79.4 cm³/mol. The van der Waals surface area contributed by atoms with Crippen LogP contribution in [-0.4, -0.2) is 36.5 Å². The second kappa shape index (κ2) is 5.68. The fourth-order valence-corrected chi connectivity index (χ4v) is 2.39. The molecule has 0 fully saturated rings. The number of ketones is 1. The number of rotatable bonds is 4. The van der Waals surface area contributed by atoms with Crippen molar-refractivity contribution in [3.8, 4) is 0 Å². The summed E-state index contributed by atoms with van der Waals surface area (Å²) in [6.45, 7) is 1.27. The number of amides is 1. The number of benzene rings is 1. The molecule has 1 aromatic carbocycles. The van der Waals surface area contributed by atoms with E-state index in [4.69, 9.17) is 9.26 Å². The van der Waals surface area contributed by atoms with E-state index in [1.165, 1.54) is 6.07 Å². The van der Waals surface area contributed by atoms with Crippen molar-refractivity contribution in [2.75, 3.05) is 18.6 Å². The molecule has 3 rings (SSSR count). The molecule has 0 N–H and O–H groups in total. The minimum atomic E-state index is -0.741. The van der Waals surface area contributed by atoms with Gasteiger partial charge in [0.15, 0.2) is 12.4 Å². The highest BCUT2D eigenvalue weighted by Crippen LogP contribution is 2.28. The van der Waals surface area contributed by atoms with E-state index in [1.54, 1.807) is 37.1 Å². The van der Waals surface area contributed by atoms with E-state index in [9.17, 15) is 14.4 Å². The average Bonchev–Trinajstić information content (AvgIpc) is 3.08. The predicted octanol–water partition coefficient (Wildman–Crippen LogP) is 1.54. The molecule has 23 heavy (non-hydrogen) atoms. The number of carbonyl (C=O) groups is 3. The lowest BCUT2D eigenvalue weighted by molar-refractivity contribution is -0.117. The first kappa shape index (κ1) is 15.0. The number of esters is 1. The summed E-state index contributed by atoms with van der Waals surface area (Å²) in [6.07, 6.45) is 0.268. The Morgan fingerprint density at radius 3 is 2.83 bits per heavy atom. The van der Waals surface area contributed by atoms with E-state index in [0.29, 0.717) is 11.3 Å².